The molecule has 90 valence electrons. The average Bonchev–Trinajstić information content (AvgIpc) is 2.32. The van der Waals surface area contributed by atoms with Crippen molar-refractivity contribution >= 4 is 21.6 Å². The highest BCUT2D eigenvalue weighted by atomic mass is 79.9. The smallest absolute Gasteiger partial charge is 0.173 e. The lowest BCUT2D eigenvalue weighted by Crippen LogP contribution is -2.23. The molecular weight excluding hydrogens is 274 g/mol. The van der Waals surface area contributed by atoms with Gasteiger partial charge >= 0.3 is 0 Å². The lowest BCUT2D eigenvalue weighted by atomic mass is 10.3. The minimum atomic E-state index is -0.266. The third-order valence-electron chi connectivity index (χ3n) is 2.16. The van der Waals surface area contributed by atoms with Crippen LogP contribution in [0.3, 0.4) is 0 Å². The fraction of sp³-hybridized carbons (Fsp3) is 0.455. The maximum absolute atomic E-state index is 5.15. The second-order valence-corrected chi connectivity index (χ2v) is 3.98. The van der Waals surface area contributed by atoms with E-state index >= 15 is 0 Å². The summed E-state index contributed by atoms with van der Waals surface area (Å²) in [4.78, 5) is 0. The number of rotatable bonds is 6. The molecule has 0 saturated carbocycles. The van der Waals surface area contributed by atoms with Crippen LogP contribution in [0, 0.1) is 0 Å². The quantitative estimate of drug-likeness (QED) is 0.817. The Kier molecular flexibility index (Phi) is 5.59. The molecule has 0 unspecified atom stereocenters. The summed E-state index contributed by atoms with van der Waals surface area (Å²) in [5, 5.41) is 3.21. The van der Waals surface area contributed by atoms with E-state index in [1.165, 1.54) is 0 Å². The van der Waals surface area contributed by atoms with Crippen molar-refractivity contribution in [3.63, 3.8) is 0 Å². The van der Waals surface area contributed by atoms with Crippen LogP contribution in [0.4, 0.5) is 5.69 Å². The summed E-state index contributed by atoms with van der Waals surface area (Å²) in [5.41, 5.74) is 0.943. The fourth-order valence-electron chi connectivity index (χ4n) is 1.22. The molecule has 0 aliphatic rings. The van der Waals surface area contributed by atoms with Crippen LogP contribution in [0.25, 0.3) is 0 Å². The van der Waals surface area contributed by atoms with E-state index in [-0.39, 0.29) is 6.29 Å². The minimum absolute atomic E-state index is 0.266. The predicted octanol–water partition coefficient (Wildman–Crippen LogP) is 2.49. The Hall–Kier alpha value is -0.780. The summed E-state index contributed by atoms with van der Waals surface area (Å²) >= 11 is 3.45. The van der Waals surface area contributed by atoms with Gasteiger partial charge in [0, 0.05) is 24.8 Å². The molecule has 1 aromatic rings. The molecule has 0 aliphatic heterocycles. The first-order chi connectivity index (χ1) is 7.71. The van der Waals surface area contributed by atoms with Crippen LogP contribution in [0.2, 0.25) is 0 Å². The van der Waals surface area contributed by atoms with Gasteiger partial charge in [0.15, 0.2) is 6.29 Å². The Morgan fingerprint density at radius 2 is 1.94 bits per heavy atom. The molecule has 1 N–H and O–H groups in total. The second kappa shape index (κ2) is 6.73. The van der Waals surface area contributed by atoms with Crippen molar-refractivity contribution < 1.29 is 14.2 Å². The van der Waals surface area contributed by atoms with Crippen molar-refractivity contribution in [3.05, 3.63) is 22.7 Å². The lowest BCUT2D eigenvalue weighted by Gasteiger charge is -2.16. The molecule has 16 heavy (non-hydrogen) atoms. The van der Waals surface area contributed by atoms with Gasteiger partial charge in [-0.2, -0.15) is 0 Å². The molecule has 0 saturated heterocycles. The van der Waals surface area contributed by atoms with E-state index in [0.29, 0.717) is 6.54 Å². The first kappa shape index (κ1) is 13.3. The molecule has 0 radical (unpaired) electrons. The molecule has 1 rings (SSSR count). The van der Waals surface area contributed by atoms with E-state index in [4.69, 9.17) is 14.2 Å². The number of benzene rings is 1. The van der Waals surface area contributed by atoms with E-state index in [0.717, 1.165) is 15.9 Å². The summed E-state index contributed by atoms with van der Waals surface area (Å²) in [6.07, 6.45) is -0.266. The molecule has 0 aliphatic carbocycles. The van der Waals surface area contributed by atoms with Gasteiger partial charge < -0.3 is 19.5 Å². The number of ether oxygens (including phenoxy) is 3. The number of halogens is 1. The molecule has 0 bridgehead atoms. The zero-order valence-corrected chi connectivity index (χ0v) is 11.2. The molecule has 0 heterocycles. The van der Waals surface area contributed by atoms with Gasteiger partial charge in [0.1, 0.15) is 5.75 Å². The maximum Gasteiger partial charge on any atom is 0.173 e. The fourth-order valence-corrected chi connectivity index (χ4v) is 1.61. The van der Waals surface area contributed by atoms with E-state index in [1.54, 1.807) is 21.3 Å². The molecular formula is C11H16BrNO3. The molecule has 0 aromatic heterocycles. The number of methoxy groups -OCH3 is 3. The molecule has 0 amide bonds. The summed E-state index contributed by atoms with van der Waals surface area (Å²) in [6, 6.07) is 5.72. The standard InChI is InChI=1S/C11H16BrNO3/c1-14-8-4-5-9(12)10(6-8)13-7-11(15-2)16-3/h4-6,11,13H,7H2,1-3H3. The minimum Gasteiger partial charge on any atom is -0.497 e. The summed E-state index contributed by atoms with van der Waals surface area (Å²) in [7, 11) is 4.85. The molecule has 4 nitrogen and oxygen atoms in total. The van der Waals surface area contributed by atoms with Gasteiger partial charge in [-0.05, 0) is 28.1 Å². The molecule has 0 fully saturated rings. The number of hydrogen-bond acceptors (Lipinski definition) is 4. The van der Waals surface area contributed by atoms with Crippen LogP contribution in [-0.4, -0.2) is 34.2 Å². The van der Waals surface area contributed by atoms with E-state index in [2.05, 4.69) is 21.2 Å². The highest BCUT2D eigenvalue weighted by molar-refractivity contribution is 9.10. The Labute approximate surface area is 104 Å². The Bertz CT molecular complexity index is 329. The van der Waals surface area contributed by atoms with Crippen LogP contribution >= 0.6 is 15.9 Å². The lowest BCUT2D eigenvalue weighted by molar-refractivity contribution is -0.0914. The highest BCUT2D eigenvalue weighted by Crippen LogP contribution is 2.27. The van der Waals surface area contributed by atoms with Crippen molar-refractivity contribution in [3.8, 4) is 5.75 Å². The highest BCUT2D eigenvalue weighted by Gasteiger charge is 2.07. The largest absolute Gasteiger partial charge is 0.497 e. The van der Waals surface area contributed by atoms with Crippen molar-refractivity contribution in [2.45, 2.75) is 6.29 Å². The predicted molar refractivity (Wildman–Crippen MR) is 67.0 cm³/mol. The third-order valence-corrected chi connectivity index (χ3v) is 2.85. The Morgan fingerprint density at radius 3 is 2.50 bits per heavy atom. The summed E-state index contributed by atoms with van der Waals surface area (Å²) < 4.78 is 16.3. The van der Waals surface area contributed by atoms with Gasteiger partial charge in [0.25, 0.3) is 0 Å². The van der Waals surface area contributed by atoms with Crippen LogP contribution in [0.15, 0.2) is 22.7 Å². The van der Waals surface area contributed by atoms with Crippen molar-refractivity contribution in [2.24, 2.45) is 0 Å². The first-order valence-corrected chi connectivity index (χ1v) is 5.63. The van der Waals surface area contributed by atoms with Gasteiger partial charge in [-0.15, -0.1) is 0 Å². The topological polar surface area (TPSA) is 39.7 Å². The van der Waals surface area contributed by atoms with Crippen molar-refractivity contribution in [1.82, 2.24) is 0 Å². The van der Waals surface area contributed by atoms with Crippen LogP contribution in [0.1, 0.15) is 0 Å². The van der Waals surface area contributed by atoms with Gasteiger partial charge in [-0.3, -0.25) is 0 Å². The van der Waals surface area contributed by atoms with Crippen LogP contribution in [0.5, 0.6) is 5.75 Å². The van der Waals surface area contributed by atoms with E-state index in [9.17, 15) is 0 Å². The van der Waals surface area contributed by atoms with Crippen LogP contribution < -0.4 is 10.1 Å². The second-order valence-electron chi connectivity index (χ2n) is 3.13. The number of hydrogen-bond donors (Lipinski definition) is 1. The zero-order chi connectivity index (χ0) is 12.0. The maximum atomic E-state index is 5.15. The normalized spacial score (nSPS) is 10.6. The zero-order valence-electron chi connectivity index (χ0n) is 9.62. The number of anilines is 1. The SMILES string of the molecule is COc1ccc(Br)c(NCC(OC)OC)c1. The Balaban J connectivity index is 2.65. The van der Waals surface area contributed by atoms with Gasteiger partial charge in [-0.1, -0.05) is 0 Å². The number of nitrogens with one attached hydrogen (secondary N) is 1. The summed E-state index contributed by atoms with van der Waals surface area (Å²) in [6.45, 7) is 0.568. The average molecular weight is 290 g/mol. The van der Waals surface area contributed by atoms with E-state index < -0.39 is 0 Å². The molecule has 5 heteroatoms. The Morgan fingerprint density at radius 1 is 1.25 bits per heavy atom. The first-order valence-electron chi connectivity index (χ1n) is 4.84. The van der Waals surface area contributed by atoms with E-state index in [1.807, 2.05) is 18.2 Å². The summed E-state index contributed by atoms with van der Waals surface area (Å²) in [5.74, 6) is 0.803. The molecule has 0 spiro atoms. The van der Waals surface area contributed by atoms with Gasteiger partial charge in [0.2, 0.25) is 0 Å². The molecule has 0 atom stereocenters. The van der Waals surface area contributed by atoms with Crippen LogP contribution in [-0.2, 0) is 9.47 Å². The molecule has 1 aromatic carbocycles. The van der Waals surface area contributed by atoms with Crippen molar-refractivity contribution in [1.29, 1.82) is 0 Å². The van der Waals surface area contributed by atoms with Crippen molar-refractivity contribution in [2.75, 3.05) is 33.2 Å². The third kappa shape index (κ3) is 3.66. The monoisotopic (exact) mass is 289 g/mol. The van der Waals surface area contributed by atoms with Gasteiger partial charge in [0.05, 0.1) is 19.3 Å². The van der Waals surface area contributed by atoms with Gasteiger partial charge in [-0.25, -0.2) is 0 Å².